The van der Waals surface area contributed by atoms with E-state index in [1.54, 1.807) is 4.90 Å². The van der Waals surface area contributed by atoms with Crippen LogP contribution in [0.3, 0.4) is 0 Å². The van der Waals surface area contributed by atoms with Crippen molar-refractivity contribution in [3.8, 4) is 0 Å². The number of anilines is 2. The Balaban J connectivity index is 2.79. The summed E-state index contributed by atoms with van der Waals surface area (Å²) in [6.07, 6.45) is 1.13. The first-order valence-electron chi connectivity index (χ1n) is 5.04. The molecule has 0 aliphatic heterocycles. The van der Waals surface area contributed by atoms with Crippen molar-refractivity contribution in [2.24, 2.45) is 0 Å². The molecule has 0 aliphatic rings. The zero-order valence-corrected chi connectivity index (χ0v) is 10.1. The molecule has 1 aromatic rings. The number of aromatic nitrogens is 2. The fourth-order valence-electron chi connectivity index (χ4n) is 1.15. The predicted octanol–water partition coefficient (Wildman–Crippen LogP) is -0.0352. The summed E-state index contributed by atoms with van der Waals surface area (Å²) < 4.78 is 0. The van der Waals surface area contributed by atoms with Crippen molar-refractivity contribution in [1.82, 2.24) is 14.9 Å². The number of nitrogen functional groups attached to an aromatic ring is 1. The largest absolute Gasteiger partial charge is 0.378 e. The van der Waals surface area contributed by atoms with Crippen LogP contribution in [-0.4, -0.2) is 54.0 Å². The molecule has 0 unspecified atom stereocenters. The maximum absolute atomic E-state index is 10.5. The average Bonchev–Trinajstić information content (AvgIpc) is 2.25. The number of hydrogen-bond acceptors (Lipinski definition) is 7. The van der Waals surface area contributed by atoms with E-state index in [0.717, 1.165) is 12.7 Å². The zero-order chi connectivity index (χ0) is 13.0. The zero-order valence-electron chi connectivity index (χ0n) is 10.1. The molecule has 0 spiro atoms. The van der Waals surface area contributed by atoms with Gasteiger partial charge in [-0.25, -0.2) is 4.98 Å². The van der Waals surface area contributed by atoms with Gasteiger partial charge in [-0.15, -0.1) is 0 Å². The van der Waals surface area contributed by atoms with E-state index in [1.807, 2.05) is 26.0 Å². The lowest BCUT2D eigenvalue weighted by molar-refractivity contribution is -0.384. The lowest BCUT2D eigenvalue weighted by Crippen LogP contribution is -2.29. The van der Waals surface area contributed by atoms with E-state index in [-0.39, 0.29) is 11.5 Å². The molecule has 0 atom stereocenters. The predicted molar refractivity (Wildman–Crippen MR) is 64.9 cm³/mol. The molecule has 0 saturated carbocycles. The Morgan fingerprint density at radius 1 is 1.41 bits per heavy atom. The van der Waals surface area contributed by atoms with E-state index in [2.05, 4.69) is 9.97 Å². The van der Waals surface area contributed by atoms with Crippen molar-refractivity contribution in [2.75, 3.05) is 44.9 Å². The van der Waals surface area contributed by atoms with Crippen molar-refractivity contribution >= 4 is 17.5 Å². The van der Waals surface area contributed by atoms with E-state index < -0.39 is 4.92 Å². The molecule has 1 rings (SSSR count). The van der Waals surface area contributed by atoms with Gasteiger partial charge >= 0.3 is 5.69 Å². The van der Waals surface area contributed by atoms with E-state index in [0.29, 0.717) is 12.5 Å². The quantitative estimate of drug-likeness (QED) is 0.569. The van der Waals surface area contributed by atoms with Crippen LogP contribution in [0.1, 0.15) is 0 Å². The van der Waals surface area contributed by atoms with Gasteiger partial charge in [0.15, 0.2) is 0 Å². The van der Waals surface area contributed by atoms with Gasteiger partial charge in [0.1, 0.15) is 6.20 Å². The molecule has 0 aromatic carbocycles. The first kappa shape index (κ1) is 13.1. The van der Waals surface area contributed by atoms with Crippen LogP contribution in [0, 0.1) is 10.1 Å². The third kappa shape index (κ3) is 3.52. The fourth-order valence-corrected chi connectivity index (χ4v) is 1.15. The van der Waals surface area contributed by atoms with Crippen molar-refractivity contribution < 1.29 is 4.92 Å². The Morgan fingerprint density at radius 2 is 2.06 bits per heavy atom. The Hall–Kier alpha value is -1.96. The van der Waals surface area contributed by atoms with Crippen LogP contribution in [0.25, 0.3) is 0 Å². The molecule has 0 fully saturated rings. The smallest absolute Gasteiger partial charge is 0.329 e. The fraction of sp³-hybridized carbons (Fsp3) is 0.556. The monoisotopic (exact) mass is 240 g/mol. The van der Waals surface area contributed by atoms with Crippen molar-refractivity contribution in [3.05, 3.63) is 16.3 Å². The third-order valence-electron chi connectivity index (χ3n) is 2.21. The second-order valence-electron chi connectivity index (χ2n) is 3.92. The van der Waals surface area contributed by atoms with Gasteiger partial charge in [0, 0.05) is 20.1 Å². The highest BCUT2D eigenvalue weighted by atomic mass is 16.6. The standard InChI is InChI=1S/C9H16N6O2/c1-13(2)4-5-14(3)9-11-6-7(15(16)17)8(10)12-9/h6H,4-5H2,1-3H3,(H2,10,11,12). The minimum atomic E-state index is -0.598. The second-order valence-corrected chi connectivity index (χ2v) is 3.92. The van der Waals surface area contributed by atoms with Gasteiger partial charge in [0.05, 0.1) is 4.92 Å². The van der Waals surface area contributed by atoms with Crippen molar-refractivity contribution in [2.45, 2.75) is 0 Å². The second kappa shape index (κ2) is 5.39. The molecule has 8 nitrogen and oxygen atoms in total. The Morgan fingerprint density at radius 3 is 2.53 bits per heavy atom. The maximum Gasteiger partial charge on any atom is 0.329 e. The molecule has 0 radical (unpaired) electrons. The average molecular weight is 240 g/mol. The highest BCUT2D eigenvalue weighted by Crippen LogP contribution is 2.19. The molecule has 8 heteroatoms. The molecule has 1 heterocycles. The minimum absolute atomic E-state index is 0.114. The number of rotatable bonds is 5. The van der Waals surface area contributed by atoms with Gasteiger partial charge in [-0.3, -0.25) is 10.1 Å². The summed E-state index contributed by atoms with van der Waals surface area (Å²) >= 11 is 0. The summed E-state index contributed by atoms with van der Waals surface area (Å²) in [5.41, 5.74) is 5.22. The normalized spacial score (nSPS) is 10.6. The van der Waals surface area contributed by atoms with Gasteiger partial charge in [-0.05, 0) is 14.1 Å². The number of nitro groups is 1. The molecule has 0 amide bonds. The molecular formula is C9H16N6O2. The van der Waals surface area contributed by atoms with Gasteiger partial charge in [0.2, 0.25) is 11.8 Å². The molecule has 0 saturated heterocycles. The number of likely N-dealkylation sites (N-methyl/N-ethyl adjacent to an activating group) is 2. The SMILES string of the molecule is CN(C)CCN(C)c1ncc([N+](=O)[O-])c(N)n1. The van der Waals surface area contributed by atoms with E-state index in [4.69, 9.17) is 5.73 Å². The summed E-state index contributed by atoms with van der Waals surface area (Å²) in [4.78, 5) is 21.6. The van der Waals surface area contributed by atoms with Crippen LogP contribution in [0.4, 0.5) is 17.5 Å². The Kier molecular flexibility index (Phi) is 4.16. The summed E-state index contributed by atoms with van der Waals surface area (Å²) in [5.74, 6) is 0.270. The summed E-state index contributed by atoms with van der Waals surface area (Å²) in [7, 11) is 5.72. The van der Waals surface area contributed by atoms with E-state index in [1.165, 1.54) is 0 Å². The van der Waals surface area contributed by atoms with Crippen LogP contribution in [0.2, 0.25) is 0 Å². The highest BCUT2D eigenvalue weighted by Gasteiger charge is 2.15. The highest BCUT2D eigenvalue weighted by molar-refractivity contribution is 5.53. The number of nitrogens with zero attached hydrogens (tertiary/aromatic N) is 5. The van der Waals surface area contributed by atoms with Gasteiger partial charge < -0.3 is 15.5 Å². The number of nitrogens with two attached hydrogens (primary N) is 1. The first-order valence-corrected chi connectivity index (χ1v) is 5.04. The van der Waals surface area contributed by atoms with Gasteiger partial charge in [0.25, 0.3) is 0 Å². The van der Waals surface area contributed by atoms with Crippen LogP contribution in [0.5, 0.6) is 0 Å². The van der Waals surface area contributed by atoms with E-state index in [9.17, 15) is 10.1 Å². The van der Waals surface area contributed by atoms with Crippen molar-refractivity contribution in [3.63, 3.8) is 0 Å². The maximum atomic E-state index is 10.5. The summed E-state index contributed by atoms with van der Waals surface area (Å²) in [5, 5.41) is 10.5. The van der Waals surface area contributed by atoms with Gasteiger partial charge in [-0.1, -0.05) is 0 Å². The Labute approximate surface area is 99.2 Å². The van der Waals surface area contributed by atoms with Crippen LogP contribution >= 0.6 is 0 Å². The number of hydrogen-bond donors (Lipinski definition) is 1. The first-order chi connectivity index (χ1) is 7.91. The molecule has 17 heavy (non-hydrogen) atoms. The van der Waals surface area contributed by atoms with Gasteiger partial charge in [-0.2, -0.15) is 4.98 Å². The van der Waals surface area contributed by atoms with Crippen LogP contribution in [0.15, 0.2) is 6.20 Å². The molecule has 0 bridgehead atoms. The molecular weight excluding hydrogens is 224 g/mol. The Bertz CT molecular complexity index is 408. The third-order valence-corrected chi connectivity index (χ3v) is 2.21. The summed E-state index contributed by atoms with van der Waals surface area (Å²) in [6, 6.07) is 0. The van der Waals surface area contributed by atoms with E-state index >= 15 is 0 Å². The van der Waals surface area contributed by atoms with Crippen LogP contribution in [-0.2, 0) is 0 Å². The summed E-state index contributed by atoms with van der Waals surface area (Å²) in [6.45, 7) is 1.54. The molecule has 2 N–H and O–H groups in total. The molecule has 94 valence electrons. The lowest BCUT2D eigenvalue weighted by Gasteiger charge is -2.19. The minimum Gasteiger partial charge on any atom is -0.378 e. The lowest BCUT2D eigenvalue weighted by atomic mass is 10.5. The molecule has 1 aromatic heterocycles. The van der Waals surface area contributed by atoms with Crippen LogP contribution < -0.4 is 10.6 Å². The van der Waals surface area contributed by atoms with Crippen molar-refractivity contribution in [1.29, 1.82) is 0 Å². The topological polar surface area (TPSA) is 101 Å². The molecule has 0 aliphatic carbocycles.